The van der Waals surface area contributed by atoms with Crippen LogP contribution >= 0.6 is 0 Å². The molecule has 3 aliphatic heterocycles. The van der Waals surface area contributed by atoms with Crippen molar-refractivity contribution in [1.29, 1.82) is 0 Å². The number of carbonyl (C=O) groups excluding carboxylic acids is 1. The molecular formula is C25H33N5O3. The van der Waals surface area contributed by atoms with Crippen molar-refractivity contribution in [3.63, 3.8) is 0 Å². The minimum absolute atomic E-state index is 0.240. The first-order valence-electron chi connectivity index (χ1n) is 12.0. The van der Waals surface area contributed by atoms with Gasteiger partial charge in [-0.15, -0.1) is 0 Å². The molecule has 1 aromatic heterocycles. The van der Waals surface area contributed by atoms with Gasteiger partial charge in [0.2, 0.25) is 11.9 Å². The molecular weight excluding hydrogens is 418 g/mol. The van der Waals surface area contributed by atoms with Crippen molar-refractivity contribution in [2.24, 2.45) is 0 Å². The molecule has 0 saturated carbocycles. The Labute approximate surface area is 195 Å². The van der Waals surface area contributed by atoms with E-state index < -0.39 is 5.41 Å². The lowest BCUT2D eigenvalue weighted by Gasteiger charge is -2.43. The standard InChI is InChI=1S/C25H33N5O3/c1-20-19-22(27-24(26-20)30-13-17-33-18-14-30)28-9-11-29(12-10-28)23(31)25(7-15-32-16-8-25)21-5-3-2-4-6-21/h2-6,19H,7-18H2,1H3. The van der Waals surface area contributed by atoms with E-state index in [2.05, 4.69) is 26.9 Å². The first kappa shape index (κ1) is 22.1. The highest BCUT2D eigenvalue weighted by atomic mass is 16.5. The zero-order chi connectivity index (χ0) is 22.7. The molecule has 0 unspecified atom stereocenters. The van der Waals surface area contributed by atoms with E-state index >= 15 is 0 Å². The lowest BCUT2D eigenvalue weighted by atomic mass is 9.73. The van der Waals surface area contributed by atoms with Gasteiger partial charge in [-0.3, -0.25) is 4.79 Å². The number of anilines is 2. The number of benzene rings is 1. The fraction of sp³-hybridized carbons (Fsp3) is 0.560. The summed E-state index contributed by atoms with van der Waals surface area (Å²) in [4.78, 5) is 29.9. The highest BCUT2D eigenvalue weighted by Gasteiger charge is 2.44. The summed E-state index contributed by atoms with van der Waals surface area (Å²) in [5.74, 6) is 1.96. The molecule has 0 N–H and O–H groups in total. The summed E-state index contributed by atoms with van der Waals surface area (Å²) in [6.07, 6.45) is 1.48. The highest BCUT2D eigenvalue weighted by molar-refractivity contribution is 5.88. The maximum Gasteiger partial charge on any atom is 0.233 e. The fourth-order valence-electron chi connectivity index (χ4n) is 5.15. The summed E-state index contributed by atoms with van der Waals surface area (Å²) in [7, 11) is 0. The van der Waals surface area contributed by atoms with Crippen LogP contribution in [0.1, 0.15) is 24.1 Å². The van der Waals surface area contributed by atoms with E-state index in [1.54, 1.807) is 0 Å². The molecule has 0 aliphatic carbocycles. The zero-order valence-electron chi connectivity index (χ0n) is 19.4. The van der Waals surface area contributed by atoms with Gasteiger partial charge in [0.25, 0.3) is 0 Å². The number of piperazine rings is 1. The van der Waals surface area contributed by atoms with Crippen LogP contribution in [0.4, 0.5) is 11.8 Å². The summed E-state index contributed by atoms with van der Waals surface area (Å²) < 4.78 is 11.1. The Kier molecular flexibility index (Phi) is 6.46. The van der Waals surface area contributed by atoms with Crippen molar-refractivity contribution in [1.82, 2.24) is 14.9 Å². The minimum Gasteiger partial charge on any atom is -0.381 e. The van der Waals surface area contributed by atoms with Crippen LogP contribution in [-0.4, -0.2) is 86.5 Å². The molecule has 2 aromatic rings. The quantitative estimate of drug-likeness (QED) is 0.704. The number of nitrogens with zero attached hydrogens (tertiary/aromatic N) is 5. The molecule has 33 heavy (non-hydrogen) atoms. The van der Waals surface area contributed by atoms with E-state index in [1.165, 1.54) is 0 Å². The van der Waals surface area contributed by atoms with Gasteiger partial charge in [0, 0.05) is 64.2 Å². The lowest BCUT2D eigenvalue weighted by Crippen LogP contribution is -2.56. The number of carbonyl (C=O) groups is 1. The first-order chi connectivity index (χ1) is 16.2. The lowest BCUT2D eigenvalue weighted by molar-refractivity contribution is -0.141. The number of rotatable bonds is 4. The molecule has 0 atom stereocenters. The number of aryl methyl sites for hydroxylation is 1. The SMILES string of the molecule is Cc1cc(N2CCN(C(=O)C3(c4ccccc4)CCOCC3)CC2)nc(N2CCOCC2)n1. The van der Waals surface area contributed by atoms with Crippen molar-refractivity contribution < 1.29 is 14.3 Å². The largest absolute Gasteiger partial charge is 0.381 e. The normalized spacial score (nSPS) is 21.2. The number of hydrogen-bond donors (Lipinski definition) is 0. The molecule has 8 nitrogen and oxygen atoms in total. The van der Waals surface area contributed by atoms with Crippen LogP contribution in [0.15, 0.2) is 36.4 Å². The average Bonchev–Trinajstić information content (AvgIpc) is 2.89. The monoisotopic (exact) mass is 451 g/mol. The molecule has 5 rings (SSSR count). The molecule has 3 aliphatic rings. The summed E-state index contributed by atoms with van der Waals surface area (Å²) in [5.41, 5.74) is 1.60. The third-order valence-electron chi connectivity index (χ3n) is 7.10. The second kappa shape index (κ2) is 9.65. The molecule has 0 spiro atoms. The molecule has 0 bridgehead atoms. The number of hydrogen-bond acceptors (Lipinski definition) is 7. The van der Waals surface area contributed by atoms with Gasteiger partial charge in [-0.1, -0.05) is 30.3 Å². The van der Waals surface area contributed by atoms with Crippen LogP contribution in [0.5, 0.6) is 0 Å². The molecule has 4 heterocycles. The summed E-state index contributed by atoms with van der Waals surface area (Å²) in [6.45, 7) is 9.27. The fourth-order valence-corrected chi connectivity index (χ4v) is 5.15. The van der Waals surface area contributed by atoms with Crippen molar-refractivity contribution in [3.05, 3.63) is 47.7 Å². The maximum absolute atomic E-state index is 13.8. The van der Waals surface area contributed by atoms with E-state index in [9.17, 15) is 4.79 Å². The van der Waals surface area contributed by atoms with Crippen molar-refractivity contribution in [3.8, 4) is 0 Å². The van der Waals surface area contributed by atoms with E-state index in [-0.39, 0.29) is 5.91 Å². The van der Waals surface area contributed by atoms with Gasteiger partial charge >= 0.3 is 0 Å². The third-order valence-corrected chi connectivity index (χ3v) is 7.10. The van der Waals surface area contributed by atoms with Crippen LogP contribution in [0.25, 0.3) is 0 Å². The van der Waals surface area contributed by atoms with E-state index in [0.717, 1.165) is 62.0 Å². The maximum atomic E-state index is 13.8. The summed E-state index contributed by atoms with van der Waals surface area (Å²) >= 11 is 0. The summed E-state index contributed by atoms with van der Waals surface area (Å²) in [6, 6.07) is 12.3. The molecule has 3 fully saturated rings. The Morgan fingerprint density at radius 2 is 1.52 bits per heavy atom. The van der Waals surface area contributed by atoms with Crippen LogP contribution in [-0.2, 0) is 19.7 Å². The predicted octanol–water partition coefficient (Wildman–Crippen LogP) is 2.02. The average molecular weight is 452 g/mol. The van der Waals surface area contributed by atoms with Gasteiger partial charge < -0.3 is 24.2 Å². The van der Waals surface area contributed by atoms with Crippen LogP contribution in [0.3, 0.4) is 0 Å². The Balaban J connectivity index is 1.30. The number of morpholine rings is 1. The van der Waals surface area contributed by atoms with Gasteiger partial charge in [-0.25, -0.2) is 4.98 Å². The third kappa shape index (κ3) is 4.54. The highest BCUT2D eigenvalue weighted by Crippen LogP contribution is 2.37. The van der Waals surface area contributed by atoms with Gasteiger partial charge in [0.05, 0.1) is 18.6 Å². The zero-order valence-corrected chi connectivity index (χ0v) is 19.4. The molecule has 176 valence electrons. The van der Waals surface area contributed by atoms with E-state index in [0.29, 0.717) is 39.5 Å². The topological polar surface area (TPSA) is 71.0 Å². The molecule has 1 aromatic carbocycles. The van der Waals surface area contributed by atoms with Crippen LogP contribution in [0.2, 0.25) is 0 Å². The van der Waals surface area contributed by atoms with E-state index in [4.69, 9.17) is 14.5 Å². The second-order valence-electron chi connectivity index (χ2n) is 9.11. The number of ether oxygens (including phenoxy) is 2. The van der Waals surface area contributed by atoms with Gasteiger partial charge in [-0.05, 0) is 25.3 Å². The van der Waals surface area contributed by atoms with Crippen LogP contribution < -0.4 is 9.80 Å². The number of aromatic nitrogens is 2. The Morgan fingerprint density at radius 3 is 2.21 bits per heavy atom. The molecule has 8 heteroatoms. The van der Waals surface area contributed by atoms with E-state index in [1.807, 2.05) is 36.1 Å². The molecule has 3 saturated heterocycles. The predicted molar refractivity (Wildman–Crippen MR) is 127 cm³/mol. The minimum atomic E-state index is -0.476. The van der Waals surface area contributed by atoms with Gasteiger partial charge in [0.15, 0.2) is 0 Å². The summed E-state index contributed by atoms with van der Waals surface area (Å²) in [5, 5.41) is 0. The molecule has 1 amide bonds. The van der Waals surface area contributed by atoms with Gasteiger partial charge in [-0.2, -0.15) is 4.98 Å². The first-order valence-corrected chi connectivity index (χ1v) is 12.0. The van der Waals surface area contributed by atoms with Crippen molar-refractivity contribution >= 4 is 17.7 Å². The number of amides is 1. The van der Waals surface area contributed by atoms with Gasteiger partial charge in [0.1, 0.15) is 5.82 Å². The molecule has 0 radical (unpaired) electrons. The van der Waals surface area contributed by atoms with Crippen LogP contribution in [0, 0.1) is 6.92 Å². The Bertz CT molecular complexity index is 950. The smallest absolute Gasteiger partial charge is 0.233 e. The van der Waals surface area contributed by atoms with Crippen molar-refractivity contribution in [2.45, 2.75) is 25.2 Å². The van der Waals surface area contributed by atoms with Crippen molar-refractivity contribution in [2.75, 3.05) is 75.5 Å². The Morgan fingerprint density at radius 1 is 0.848 bits per heavy atom. The second-order valence-corrected chi connectivity index (χ2v) is 9.11. The Hall–Kier alpha value is -2.71.